The fraction of sp³-hybridized carbons (Fsp3) is 0.167. The number of nitrogens with one attached hydrogen (secondary N) is 1. The van der Waals surface area contributed by atoms with Gasteiger partial charge in [-0.15, -0.1) is 0 Å². The van der Waals surface area contributed by atoms with Crippen molar-refractivity contribution in [3.05, 3.63) is 45.3 Å². The number of rotatable bonds is 2. The monoisotopic (exact) mass is 251 g/mol. The van der Waals surface area contributed by atoms with Gasteiger partial charge in [-0.1, -0.05) is 17.7 Å². The van der Waals surface area contributed by atoms with E-state index >= 15 is 0 Å². The first kappa shape index (κ1) is 11.7. The van der Waals surface area contributed by atoms with E-state index in [1.54, 1.807) is 19.1 Å². The minimum absolute atomic E-state index is 0.282. The Morgan fingerprint density at radius 1 is 1.41 bits per heavy atom. The van der Waals surface area contributed by atoms with Gasteiger partial charge >= 0.3 is 5.97 Å². The molecule has 4 nitrogen and oxygen atoms in total. The Morgan fingerprint density at radius 2 is 2.18 bits per heavy atom. The first-order valence-corrected chi connectivity index (χ1v) is 5.49. The largest absolute Gasteiger partial charge is 0.462 e. The zero-order valence-electron chi connectivity index (χ0n) is 9.12. The van der Waals surface area contributed by atoms with Crippen LogP contribution in [0.15, 0.2) is 29.2 Å². The fourth-order valence-corrected chi connectivity index (χ4v) is 1.79. The lowest BCUT2D eigenvalue weighted by atomic mass is 10.1. The van der Waals surface area contributed by atoms with E-state index < -0.39 is 5.97 Å². The summed E-state index contributed by atoms with van der Waals surface area (Å²) < 4.78 is 4.86. The molecule has 5 heteroatoms. The van der Waals surface area contributed by atoms with Crippen molar-refractivity contribution < 1.29 is 9.53 Å². The first-order valence-electron chi connectivity index (χ1n) is 5.11. The van der Waals surface area contributed by atoms with Crippen molar-refractivity contribution in [1.82, 2.24) is 4.98 Å². The van der Waals surface area contributed by atoms with E-state index in [0.717, 1.165) is 0 Å². The van der Waals surface area contributed by atoms with E-state index in [0.29, 0.717) is 28.0 Å². The molecule has 1 N–H and O–H groups in total. The van der Waals surface area contributed by atoms with Gasteiger partial charge in [0, 0.05) is 17.0 Å². The molecule has 0 spiro atoms. The van der Waals surface area contributed by atoms with Gasteiger partial charge in [0.1, 0.15) is 0 Å². The molecule has 0 aliphatic heterocycles. The van der Waals surface area contributed by atoms with Crippen molar-refractivity contribution in [3.63, 3.8) is 0 Å². The van der Waals surface area contributed by atoms with Gasteiger partial charge in [0.15, 0.2) is 0 Å². The lowest BCUT2D eigenvalue weighted by Gasteiger charge is -2.04. The van der Waals surface area contributed by atoms with Gasteiger partial charge in [0.05, 0.1) is 17.2 Å². The molecule has 0 atom stereocenters. The summed E-state index contributed by atoms with van der Waals surface area (Å²) in [6.07, 6.45) is 1.43. The molecular formula is C12H10ClNO3. The highest BCUT2D eigenvalue weighted by Crippen LogP contribution is 2.20. The minimum Gasteiger partial charge on any atom is -0.462 e. The average molecular weight is 252 g/mol. The summed E-state index contributed by atoms with van der Waals surface area (Å²) in [6.45, 7) is 2.02. The maximum absolute atomic E-state index is 11.6. The molecule has 1 heterocycles. The molecule has 0 bridgehead atoms. The Morgan fingerprint density at radius 3 is 2.88 bits per heavy atom. The van der Waals surface area contributed by atoms with Crippen LogP contribution in [0.1, 0.15) is 17.3 Å². The fourth-order valence-electron chi connectivity index (χ4n) is 1.57. The number of H-pyrrole nitrogens is 1. The summed E-state index contributed by atoms with van der Waals surface area (Å²) in [7, 11) is 0. The van der Waals surface area contributed by atoms with Crippen molar-refractivity contribution >= 4 is 28.3 Å². The Labute approximate surface area is 102 Å². The SMILES string of the molecule is CCOC(=O)c1ccc2c(Cl)c[nH]c(=O)c2c1. The van der Waals surface area contributed by atoms with E-state index in [1.165, 1.54) is 12.3 Å². The quantitative estimate of drug-likeness (QED) is 0.834. The van der Waals surface area contributed by atoms with E-state index in [1.807, 2.05) is 0 Å². The standard InChI is InChI=1S/C12H10ClNO3/c1-2-17-12(16)7-3-4-8-9(5-7)11(15)14-6-10(8)13/h3-6H,2H2,1H3,(H,14,15). The number of aromatic nitrogens is 1. The second-order valence-corrected chi connectivity index (χ2v) is 3.85. The zero-order chi connectivity index (χ0) is 12.4. The maximum Gasteiger partial charge on any atom is 0.338 e. The number of carbonyl (C=O) groups is 1. The third-order valence-corrected chi connectivity index (χ3v) is 2.68. The van der Waals surface area contributed by atoms with Crippen LogP contribution in [0, 0.1) is 0 Å². The number of pyridine rings is 1. The van der Waals surface area contributed by atoms with Crippen molar-refractivity contribution in [3.8, 4) is 0 Å². The maximum atomic E-state index is 11.6. The van der Waals surface area contributed by atoms with Crippen LogP contribution in [0.25, 0.3) is 10.8 Å². The topological polar surface area (TPSA) is 59.2 Å². The normalized spacial score (nSPS) is 10.5. The number of carbonyl (C=O) groups excluding carboxylic acids is 1. The second kappa shape index (κ2) is 4.59. The molecule has 17 heavy (non-hydrogen) atoms. The average Bonchev–Trinajstić information content (AvgIpc) is 2.34. The van der Waals surface area contributed by atoms with E-state index in [4.69, 9.17) is 16.3 Å². The molecule has 0 saturated carbocycles. The predicted octanol–water partition coefficient (Wildman–Crippen LogP) is 2.36. The van der Waals surface area contributed by atoms with Gasteiger partial charge in [0.2, 0.25) is 0 Å². The van der Waals surface area contributed by atoms with Crippen LogP contribution in [0.3, 0.4) is 0 Å². The van der Waals surface area contributed by atoms with Crippen molar-refractivity contribution in [1.29, 1.82) is 0 Å². The van der Waals surface area contributed by atoms with E-state index in [9.17, 15) is 9.59 Å². The van der Waals surface area contributed by atoms with E-state index in [-0.39, 0.29) is 5.56 Å². The van der Waals surface area contributed by atoms with Crippen LogP contribution < -0.4 is 5.56 Å². The number of esters is 1. The number of fused-ring (bicyclic) bond motifs is 1. The Hall–Kier alpha value is -1.81. The van der Waals surface area contributed by atoms with Crippen molar-refractivity contribution in [2.24, 2.45) is 0 Å². The molecule has 2 aromatic rings. The number of ether oxygens (including phenoxy) is 1. The third-order valence-electron chi connectivity index (χ3n) is 2.36. The molecule has 0 amide bonds. The molecule has 0 aliphatic rings. The summed E-state index contributed by atoms with van der Waals surface area (Å²) in [5.74, 6) is -0.450. The highest BCUT2D eigenvalue weighted by molar-refractivity contribution is 6.35. The molecule has 1 aromatic carbocycles. The summed E-state index contributed by atoms with van der Waals surface area (Å²) in [4.78, 5) is 25.6. The van der Waals surface area contributed by atoms with Gasteiger partial charge in [-0.2, -0.15) is 0 Å². The Bertz CT molecular complexity index is 633. The van der Waals surface area contributed by atoms with Crippen LogP contribution >= 0.6 is 11.6 Å². The Kier molecular flexibility index (Phi) is 3.15. The molecule has 0 radical (unpaired) electrons. The highest BCUT2D eigenvalue weighted by atomic mass is 35.5. The number of hydrogen-bond acceptors (Lipinski definition) is 3. The number of aromatic amines is 1. The molecule has 0 saturated heterocycles. The lowest BCUT2D eigenvalue weighted by molar-refractivity contribution is 0.0526. The smallest absolute Gasteiger partial charge is 0.338 e. The molecule has 0 unspecified atom stereocenters. The van der Waals surface area contributed by atoms with Gasteiger partial charge in [-0.3, -0.25) is 4.79 Å². The highest BCUT2D eigenvalue weighted by Gasteiger charge is 2.10. The van der Waals surface area contributed by atoms with Crippen LogP contribution in [0.2, 0.25) is 5.02 Å². The second-order valence-electron chi connectivity index (χ2n) is 3.45. The van der Waals surface area contributed by atoms with Crippen molar-refractivity contribution in [2.75, 3.05) is 6.61 Å². The number of halogens is 1. The summed E-state index contributed by atoms with van der Waals surface area (Å²) in [6, 6.07) is 4.71. The van der Waals surface area contributed by atoms with Crippen LogP contribution in [-0.2, 0) is 4.74 Å². The van der Waals surface area contributed by atoms with Crippen LogP contribution in [0.4, 0.5) is 0 Å². The van der Waals surface area contributed by atoms with Crippen LogP contribution in [-0.4, -0.2) is 17.6 Å². The predicted molar refractivity (Wildman–Crippen MR) is 65.5 cm³/mol. The summed E-state index contributed by atoms with van der Waals surface area (Å²) in [5.41, 5.74) is 0.0580. The Balaban J connectivity index is 2.62. The molecular weight excluding hydrogens is 242 g/mol. The molecule has 88 valence electrons. The molecule has 2 rings (SSSR count). The van der Waals surface area contributed by atoms with Gasteiger partial charge < -0.3 is 9.72 Å². The zero-order valence-corrected chi connectivity index (χ0v) is 9.88. The van der Waals surface area contributed by atoms with E-state index in [2.05, 4.69) is 4.98 Å². The third kappa shape index (κ3) is 2.17. The van der Waals surface area contributed by atoms with Gasteiger partial charge in [0.25, 0.3) is 5.56 Å². The van der Waals surface area contributed by atoms with Gasteiger partial charge in [-0.05, 0) is 19.1 Å². The lowest BCUT2D eigenvalue weighted by Crippen LogP contribution is -2.08. The van der Waals surface area contributed by atoms with Crippen LogP contribution in [0.5, 0.6) is 0 Å². The molecule has 1 aromatic heterocycles. The number of hydrogen-bond donors (Lipinski definition) is 1. The summed E-state index contributed by atoms with van der Waals surface area (Å²) >= 11 is 5.94. The minimum atomic E-state index is -0.450. The van der Waals surface area contributed by atoms with Gasteiger partial charge in [-0.25, -0.2) is 4.79 Å². The molecule has 0 fully saturated rings. The number of benzene rings is 1. The molecule has 0 aliphatic carbocycles. The first-order chi connectivity index (χ1) is 8.13. The summed E-state index contributed by atoms with van der Waals surface area (Å²) in [5, 5.41) is 1.43. The van der Waals surface area contributed by atoms with Crippen molar-refractivity contribution in [2.45, 2.75) is 6.92 Å².